The van der Waals surface area contributed by atoms with E-state index < -0.39 is 5.97 Å². The van der Waals surface area contributed by atoms with Crippen LogP contribution in [0.25, 0.3) is 0 Å². The predicted octanol–water partition coefficient (Wildman–Crippen LogP) is -1.35. The van der Waals surface area contributed by atoms with Gasteiger partial charge in [0.15, 0.2) is 0 Å². The molecule has 2 N–H and O–H groups in total. The maximum Gasteiger partial charge on any atom is 1.00 e. The molecule has 0 radical (unpaired) electrons. The van der Waals surface area contributed by atoms with E-state index in [1.54, 1.807) is 24.3 Å². The molecule has 0 bridgehead atoms. The van der Waals surface area contributed by atoms with Gasteiger partial charge in [0.05, 0.1) is 5.56 Å². The number of rotatable bonds is 1. The molecule has 4 heteroatoms. The molecule has 0 amide bonds. The van der Waals surface area contributed by atoms with Crippen LogP contribution in [0.3, 0.4) is 0 Å². The Balaban J connectivity index is -0.000000260. The maximum absolute atomic E-state index is 10.3. The molecule has 74 valence electrons. The fraction of sp³-hybridized carbons (Fsp3) is 0.300. The fourth-order valence-corrected chi connectivity index (χ4v) is 0.696. The standard InChI is InChI=1S/C8H8O2.C2H7N.Li.H/c1-6-2-4-7(5-3-6)8(9)10;1-3-2;;/h2-5H,1H3,(H,9,10);3H,1-2H3;;/q;;+1;-1. The quantitative estimate of drug-likeness (QED) is 0.537. The average molecular weight is 189 g/mol. The molecular formula is C10H16LiNO2. The SMILES string of the molecule is CNC.Cc1ccc(C(=O)O)cc1.[H-].[Li+]. The van der Waals surface area contributed by atoms with Gasteiger partial charge in [-0.1, -0.05) is 17.7 Å². The Morgan fingerprint density at radius 2 is 1.64 bits per heavy atom. The molecule has 0 saturated heterocycles. The second-order valence-electron chi connectivity index (χ2n) is 2.67. The zero-order chi connectivity index (χ0) is 10.3. The van der Waals surface area contributed by atoms with Crippen molar-refractivity contribution in [3.8, 4) is 0 Å². The minimum Gasteiger partial charge on any atom is -1.00 e. The van der Waals surface area contributed by atoms with E-state index in [4.69, 9.17) is 5.11 Å². The molecule has 0 aliphatic carbocycles. The third kappa shape index (κ3) is 6.73. The van der Waals surface area contributed by atoms with E-state index in [0.717, 1.165) is 5.56 Å². The number of benzene rings is 1. The van der Waals surface area contributed by atoms with E-state index in [0.29, 0.717) is 5.56 Å². The predicted molar refractivity (Wildman–Crippen MR) is 54.2 cm³/mol. The van der Waals surface area contributed by atoms with Crippen molar-refractivity contribution in [2.75, 3.05) is 14.1 Å². The third-order valence-corrected chi connectivity index (χ3v) is 1.30. The first kappa shape index (κ1) is 15.7. The molecule has 0 aromatic heterocycles. The number of carboxylic acids is 1. The van der Waals surface area contributed by atoms with Crippen molar-refractivity contribution in [1.29, 1.82) is 0 Å². The Morgan fingerprint density at radius 3 is 1.93 bits per heavy atom. The van der Waals surface area contributed by atoms with Gasteiger partial charge in [0.2, 0.25) is 0 Å². The summed E-state index contributed by atoms with van der Waals surface area (Å²) in [6.45, 7) is 1.92. The van der Waals surface area contributed by atoms with Crippen LogP contribution in [0.15, 0.2) is 24.3 Å². The van der Waals surface area contributed by atoms with Gasteiger partial charge in [0.1, 0.15) is 0 Å². The van der Waals surface area contributed by atoms with Gasteiger partial charge in [-0.2, -0.15) is 0 Å². The van der Waals surface area contributed by atoms with Crippen LogP contribution in [-0.2, 0) is 0 Å². The summed E-state index contributed by atoms with van der Waals surface area (Å²) in [7, 11) is 3.75. The molecule has 0 fully saturated rings. The van der Waals surface area contributed by atoms with Crippen LogP contribution in [0.1, 0.15) is 17.3 Å². The molecule has 0 spiro atoms. The second-order valence-corrected chi connectivity index (χ2v) is 2.67. The monoisotopic (exact) mass is 189 g/mol. The summed E-state index contributed by atoms with van der Waals surface area (Å²) in [4.78, 5) is 10.3. The first-order chi connectivity index (χ1) is 6.11. The summed E-state index contributed by atoms with van der Waals surface area (Å²) >= 11 is 0. The van der Waals surface area contributed by atoms with Crippen molar-refractivity contribution in [3.63, 3.8) is 0 Å². The van der Waals surface area contributed by atoms with E-state index in [9.17, 15) is 4.79 Å². The molecule has 3 nitrogen and oxygen atoms in total. The van der Waals surface area contributed by atoms with Crippen LogP contribution in [0.5, 0.6) is 0 Å². The van der Waals surface area contributed by atoms with E-state index in [1.165, 1.54) is 0 Å². The smallest absolute Gasteiger partial charge is 1.00 e. The summed E-state index contributed by atoms with van der Waals surface area (Å²) in [6.07, 6.45) is 0. The maximum atomic E-state index is 10.3. The minimum atomic E-state index is -0.875. The van der Waals surface area contributed by atoms with E-state index in [2.05, 4.69) is 5.32 Å². The zero-order valence-corrected chi connectivity index (χ0v) is 9.16. The first-order valence-corrected chi connectivity index (χ1v) is 4.00. The Hall–Kier alpha value is -0.753. The molecule has 0 unspecified atom stereocenters. The molecule has 0 aliphatic rings. The van der Waals surface area contributed by atoms with Crippen LogP contribution in [0, 0.1) is 6.92 Å². The van der Waals surface area contributed by atoms with Crippen LogP contribution in [-0.4, -0.2) is 25.2 Å². The van der Waals surface area contributed by atoms with Gasteiger partial charge >= 0.3 is 24.8 Å². The number of carbonyl (C=O) groups is 1. The summed E-state index contributed by atoms with van der Waals surface area (Å²) in [5.41, 5.74) is 1.41. The number of aromatic carboxylic acids is 1. The van der Waals surface area contributed by atoms with Crippen LogP contribution >= 0.6 is 0 Å². The summed E-state index contributed by atoms with van der Waals surface area (Å²) < 4.78 is 0. The molecule has 0 saturated carbocycles. The second kappa shape index (κ2) is 8.83. The minimum absolute atomic E-state index is 0. The number of aryl methyl sites for hydroxylation is 1. The summed E-state index contributed by atoms with van der Waals surface area (Å²) in [6, 6.07) is 6.75. The van der Waals surface area contributed by atoms with Crippen LogP contribution < -0.4 is 24.2 Å². The number of carboxylic acid groups (broad SMARTS) is 1. The van der Waals surface area contributed by atoms with Crippen molar-refractivity contribution < 1.29 is 30.2 Å². The first-order valence-electron chi connectivity index (χ1n) is 4.00. The topological polar surface area (TPSA) is 49.3 Å². The van der Waals surface area contributed by atoms with Gasteiger partial charge in [-0.05, 0) is 33.2 Å². The van der Waals surface area contributed by atoms with Crippen LogP contribution in [0.4, 0.5) is 0 Å². The van der Waals surface area contributed by atoms with E-state index in [-0.39, 0.29) is 20.3 Å². The summed E-state index contributed by atoms with van der Waals surface area (Å²) in [5.74, 6) is -0.875. The van der Waals surface area contributed by atoms with Gasteiger partial charge in [0, 0.05) is 0 Å². The van der Waals surface area contributed by atoms with Gasteiger partial charge < -0.3 is 11.8 Å². The number of hydrogen-bond donors (Lipinski definition) is 2. The Labute approximate surface area is 98.2 Å². The normalized spacial score (nSPS) is 7.93. The van der Waals surface area contributed by atoms with Gasteiger partial charge in [0.25, 0.3) is 0 Å². The Kier molecular flexibility index (Phi) is 9.91. The zero-order valence-electron chi connectivity index (χ0n) is 10.2. The van der Waals surface area contributed by atoms with Crippen molar-refractivity contribution in [1.82, 2.24) is 5.32 Å². The van der Waals surface area contributed by atoms with Crippen LogP contribution in [0.2, 0.25) is 0 Å². The van der Waals surface area contributed by atoms with Crippen molar-refractivity contribution >= 4 is 5.97 Å². The van der Waals surface area contributed by atoms with E-state index in [1.807, 2.05) is 21.0 Å². The molecule has 14 heavy (non-hydrogen) atoms. The third-order valence-electron chi connectivity index (χ3n) is 1.30. The largest absolute Gasteiger partial charge is 1.00 e. The molecule has 0 atom stereocenters. The molecule has 1 rings (SSSR count). The van der Waals surface area contributed by atoms with Gasteiger partial charge in [-0.15, -0.1) is 0 Å². The number of hydrogen-bond acceptors (Lipinski definition) is 2. The van der Waals surface area contributed by atoms with Crippen molar-refractivity contribution in [2.45, 2.75) is 6.92 Å². The molecule has 0 heterocycles. The molecular weight excluding hydrogens is 173 g/mol. The molecule has 1 aromatic rings. The van der Waals surface area contributed by atoms with Gasteiger partial charge in [-0.3, -0.25) is 0 Å². The van der Waals surface area contributed by atoms with E-state index >= 15 is 0 Å². The van der Waals surface area contributed by atoms with Crippen molar-refractivity contribution in [2.24, 2.45) is 0 Å². The van der Waals surface area contributed by atoms with Crippen molar-refractivity contribution in [3.05, 3.63) is 35.4 Å². The number of nitrogens with one attached hydrogen (secondary N) is 1. The Morgan fingerprint density at radius 1 is 1.29 bits per heavy atom. The Bertz CT molecular complexity index is 265. The molecule has 0 aliphatic heterocycles. The van der Waals surface area contributed by atoms with Gasteiger partial charge in [-0.25, -0.2) is 4.79 Å². The molecule has 1 aromatic carbocycles. The summed E-state index contributed by atoms with van der Waals surface area (Å²) in [5, 5.41) is 11.2. The fourth-order valence-electron chi connectivity index (χ4n) is 0.696. The average Bonchev–Trinajstić information content (AvgIpc) is 2.06.